The molecule has 0 saturated carbocycles. The first kappa shape index (κ1) is 19.1. The summed E-state index contributed by atoms with van der Waals surface area (Å²) in [6.45, 7) is 3.74. The fourth-order valence-electron chi connectivity index (χ4n) is 2.27. The first-order valence-electron chi connectivity index (χ1n) is 7.24. The summed E-state index contributed by atoms with van der Waals surface area (Å²) in [6, 6.07) is 4.40. The van der Waals surface area contributed by atoms with Crippen LogP contribution in [0.5, 0.6) is 0 Å². The number of ketones is 1. The van der Waals surface area contributed by atoms with E-state index in [-0.39, 0.29) is 28.9 Å². The van der Waals surface area contributed by atoms with Crippen LogP contribution in [0, 0.1) is 5.92 Å². The second-order valence-corrected chi connectivity index (χ2v) is 6.93. The number of primary sulfonamides is 1. The number of benzene rings is 1. The molecule has 0 spiro atoms. The monoisotopic (exact) mass is 341 g/mol. The average Bonchev–Trinajstić information content (AvgIpc) is 2.51. The number of rotatable bonds is 7. The summed E-state index contributed by atoms with van der Waals surface area (Å²) in [5, 5.41) is 7.82. The molecule has 0 radical (unpaired) electrons. The van der Waals surface area contributed by atoms with E-state index >= 15 is 0 Å². The predicted molar refractivity (Wildman–Crippen MR) is 88.9 cm³/mol. The fourth-order valence-corrected chi connectivity index (χ4v) is 3.08. The van der Waals surface area contributed by atoms with Crippen LogP contribution in [0.15, 0.2) is 23.1 Å². The molecule has 7 nitrogen and oxygen atoms in total. The van der Waals surface area contributed by atoms with Gasteiger partial charge < -0.3 is 10.2 Å². The molecule has 128 valence electrons. The summed E-state index contributed by atoms with van der Waals surface area (Å²) in [6.07, 6.45) is 0.271. The average molecular weight is 341 g/mol. The number of sulfonamides is 1. The van der Waals surface area contributed by atoms with Gasteiger partial charge >= 0.3 is 0 Å². The highest BCUT2D eigenvalue weighted by molar-refractivity contribution is 7.89. The van der Waals surface area contributed by atoms with E-state index in [9.17, 15) is 18.0 Å². The third-order valence-corrected chi connectivity index (χ3v) is 4.50. The van der Waals surface area contributed by atoms with Gasteiger partial charge in [0.25, 0.3) is 0 Å². The third kappa shape index (κ3) is 4.77. The van der Waals surface area contributed by atoms with Gasteiger partial charge in [0.15, 0.2) is 5.78 Å². The maximum absolute atomic E-state index is 11.9. The maximum Gasteiger partial charge on any atom is 0.240 e. The molecule has 0 aliphatic heterocycles. The van der Waals surface area contributed by atoms with E-state index in [0.29, 0.717) is 17.8 Å². The molecule has 1 aromatic rings. The Morgan fingerprint density at radius 2 is 1.96 bits per heavy atom. The van der Waals surface area contributed by atoms with Gasteiger partial charge in [0.1, 0.15) is 4.90 Å². The Morgan fingerprint density at radius 1 is 1.35 bits per heavy atom. The smallest absolute Gasteiger partial charge is 0.240 e. The highest BCUT2D eigenvalue weighted by atomic mass is 32.2. The number of hydrogen-bond acceptors (Lipinski definition) is 5. The minimum absolute atomic E-state index is 0.122. The highest BCUT2D eigenvalue weighted by Crippen LogP contribution is 2.26. The third-order valence-electron chi connectivity index (χ3n) is 3.56. The Hall–Kier alpha value is -1.93. The summed E-state index contributed by atoms with van der Waals surface area (Å²) >= 11 is 0. The number of nitrogens with zero attached hydrogens (tertiary/aromatic N) is 1. The van der Waals surface area contributed by atoms with Gasteiger partial charge in [0, 0.05) is 32.6 Å². The molecular weight excluding hydrogens is 318 g/mol. The van der Waals surface area contributed by atoms with E-state index < -0.39 is 10.0 Å². The molecule has 1 aromatic carbocycles. The molecule has 23 heavy (non-hydrogen) atoms. The van der Waals surface area contributed by atoms with Crippen molar-refractivity contribution in [2.24, 2.45) is 11.1 Å². The summed E-state index contributed by atoms with van der Waals surface area (Å²) < 4.78 is 23.7. The molecule has 0 bridgehead atoms. The molecular formula is C15H23N3O4S. The van der Waals surface area contributed by atoms with Gasteiger partial charge in [0.2, 0.25) is 15.9 Å². The first-order chi connectivity index (χ1) is 10.6. The molecule has 1 amide bonds. The van der Waals surface area contributed by atoms with Crippen molar-refractivity contribution in [3.05, 3.63) is 23.8 Å². The standard InChI is InChI=1S/C15H23N3O4S/c1-5-13(19)11-6-7-12(14(8-11)23(16,21)22)18(4)9-10(2)15(20)17-3/h6-8,10H,5,9H2,1-4H3,(H,17,20)(H2,16,21,22)/t10-/m1/s1. The lowest BCUT2D eigenvalue weighted by atomic mass is 10.1. The van der Waals surface area contributed by atoms with E-state index in [0.717, 1.165) is 0 Å². The first-order valence-corrected chi connectivity index (χ1v) is 8.79. The largest absolute Gasteiger partial charge is 0.373 e. The predicted octanol–water partition coefficient (Wildman–Crippen LogP) is 0.745. The van der Waals surface area contributed by atoms with Crippen molar-refractivity contribution in [3.63, 3.8) is 0 Å². The number of amides is 1. The Balaban J connectivity index is 3.25. The summed E-state index contributed by atoms with van der Waals surface area (Å²) in [5.41, 5.74) is 0.656. The number of nitrogens with two attached hydrogens (primary N) is 1. The van der Waals surface area contributed by atoms with Crippen molar-refractivity contribution >= 4 is 27.4 Å². The van der Waals surface area contributed by atoms with Gasteiger partial charge in [-0.3, -0.25) is 9.59 Å². The normalized spacial score (nSPS) is 12.6. The minimum atomic E-state index is -4.00. The zero-order valence-corrected chi connectivity index (χ0v) is 14.6. The lowest BCUT2D eigenvalue weighted by Crippen LogP contribution is -2.35. The van der Waals surface area contributed by atoms with Crippen LogP contribution in [0.4, 0.5) is 5.69 Å². The SMILES string of the molecule is CCC(=O)c1ccc(N(C)C[C@@H](C)C(=O)NC)c(S(N)(=O)=O)c1. The van der Waals surface area contributed by atoms with Gasteiger partial charge in [-0.25, -0.2) is 13.6 Å². The zero-order valence-electron chi connectivity index (χ0n) is 13.8. The number of hydrogen-bond donors (Lipinski definition) is 2. The highest BCUT2D eigenvalue weighted by Gasteiger charge is 2.21. The van der Waals surface area contributed by atoms with Crippen LogP contribution in [-0.4, -0.2) is 40.7 Å². The number of carbonyl (C=O) groups is 2. The van der Waals surface area contributed by atoms with Crippen molar-refractivity contribution in [3.8, 4) is 0 Å². The summed E-state index contributed by atoms with van der Waals surface area (Å²) in [7, 11) is -0.786. The van der Waals surface area contributed by atoms with Crippen LogP contribution in [0.25, 0.3) is 0 Å². The molecule has 0 saturated heterocycles. The van der Waals surface area contributed by atoms with Gasteiger partial charge in [0.05, 0.1) is 11.6 Å². The molecule has 1 rings (SSSR count). The maximum atomic E-state index is 11.9. The van der Waals surface area contributed by atoms with Crippen LogP contribution in [0.1, 0.15) is 30.6 Å². The molecule has 0 heterocycles. The molecule has 8 heteroatoms. The van der Waals surface area contributed by atoms with Crippen LogP contribution in [-0.2, 0) is 14.8 Å². The lowest BCUT2D eigenvalue weighted by Gasteiger charge is -2.24. The molecule has 0 fully saturated rings. The Labute approximate surface area is 136 Å². The van der Waals surface area contributed by atoms with Gasteiger partial charge in [-0.05, 0) is 18.2 Å². The van der Waals surface area contributed by atoms with E-state index in [1.165, 1.54) is 6.07 Å². The summed E-state index contributed by atoms with van der Waals surface area (Å²) in [5.74, 6) is -0.648. The molecule has 0 aliphatic rings. The van der Waals surface area contributed by atoms with Crippen molar-refractivity contribution < 1.29 is 18.0 Å². The van der Waals surface area contributed by atoms with Crippen LogP contribution in [0.3, 0.4) is 0 Å². The second kappa shape index (κ2) is 7.56. The number of carbonyl (C=O) groups excluding carboxylic acids is 2. The molecule has 0 unspecified atom stereocenters. The van der Waals surface area contributed by atoms with E-state index in [4.69, 9.17) is 5.14 Å². The van der Waals surface area contributed by atoms with Crippen LogP contribution in [0.2, 0.25) is 0 Å². The van der Waals surface area contributed by atoms with Crippen molar-refractivity contribution in [1.29, 1.82) is 0 Å². The minimum Gasteiger partial charge on any atom is -0.373 e. The number of Topliss-reactive ketones (excluding diaryl/α,β-unsaturated/α-hetero) is 1. The quantitative estimate of drug-likeness (QED) is 0.711. The van der Waals surface area contributed by atoms with E-state index in [1.54, 1.807) is 45.0 Å². The molecule has 0 aliphatic carbocycles. The van der Waals surface area contributed by atoms with Gasteiger partial charge in [-0.15, -0.1) is 0 Å². The van der Waals surface area contributed by atoms with Gasteiger partial charge in [-0.2, -0.15) is 0 Å². The van der Waals surface area contributed by atoms with Crippen molar-refractivity contribution in [2.45, 2.75) is 25.2 Å². The molecule has 1 atom stereocenters. The second-order valence-electron chi connectivity index (χ2n) is 5.40. The van der Waals surface area contributed by atoms with E-state index in [1.807, 2.05) is 0 Å². The Kier molecular flexibility index (Phi) is 6.28. The number of nitrogens with one attached hydrogen (secondary N) is 1. The lowest BCUT2D eigenvalue weighted by molar-refractivity contribution is -0.123. The zero-order chi connectivity index (χ0) is 17.8. The molecule has 3 N–H and O–H groups in total. The number of anilines is 1. The van der Waals surface area contributed by atoms with Crippen molar-refractivity contribution in [2.75, 3.05) is 25.5 Å². The topological polar surface area (TPSA) is 110 Å². The van der Waals surface area contributed by atoms with E-state index in [2.05, 4.69) is 5.32 Å². The van der Waals surface area contributed by atoms with Crippen LogP contribution < -0.4 is 15.4 Å². The Bertz CT molecular complexity index is 701. The summed E-state index contributed by atoms with van der Waals surface area (Å²) in [4.78, 5) is 24.9. The molecule has 0 aromatic heterocycles. The Morgan fingerprint density at radius 3 is 2.43 bits per heavy atom. The van der Waals surface area contributed by atoms with Crippen molar-refractivity contribution in [1.82, 2.24) is 5.32 Å². The van der Waals surface area contributed by atoms with Crippen LogP contribution >= 0.6 is 0 Å². The van der Waals surface area contributed by atoms with Gasteiger partial charge in [-0.1, -0.05) is 13.8 Å². The fraction of sp³-hybridized carbons (Fsp3) is 0.467.